The molecule has 0 amide bonds. The first kappa shape index (κ1) is 22.0. The molecule has 0 aromatic heterocycles. The number of halogens is 4. The molecule has 0 atom stereocenters. The molecule has 0 bridgehead atoms. The summed E-state index contributed by atoms with van der Waals surface area (Å²) in [6.07, 6.45) is -2.68. The Morgan fingerprint density at radius 1 is 1.26 bits per heavy atom. The molecule has 132 valence electrons. The van der Waals surface area contributed by atoms with Gasteiger partial charge in [0.1, 0.15) is 0 Å². The Labute approximate surface area is 152 Å². The standard InChI is InChI=1S/C15H23F3N4.HI/c1-3-12-5-7-13(8-6-12)21-14(19)20-9-4-10-22(2)11-15(16,17)18;/h5-8H,3-4,9-11H2,1-2H3,(H3,19,20,21);1H. The number of anilines is 1. The third kappa shape index (κ3) is 10.4. The van der Waals surface area contributed by atoms with E-state index < -0.39 is 12.7 Å². The zero-order valence-electron chi connectivity index (χ0n) is 13.4. The molecule has 0 radical (unpaired) electrons. The normalized spacial score (nSPS) is 12.2. The topological polar surface area (TPSA) is 53.6 Å². The molecule has 0 unspecified atom stereocenters. The van der Waals surface area contributed by atoms with Gasteiger partial charge in [0.05, 0.1) is 6.54 Å². The maximum absolute atomic E-state index is 12.1. The van der Waals surface area contributed by atoms with Gasteiger partial charge >= 0.3 is 6.18 Å². The Morgan fingerprint density at radius 2 is 1.87 bits per heavy atom. The van der Waals surface area contributed by atoms with Crippen molar-refractivity contribution in [2.24, 2.45) is 10.7 Å². The van der Waals surface area contributed by atoms with Crippen molar-refractivity contribution < 1.29 is 13.2 Å². The van der Waals surface area contributed by atoms with Crippen LogP contribution in [0.25, 0.3) is 0 Å². The number of nitrogens with one attached hydrogen (secondary N) is 1. The number of aliphatic imine (C=N–C) groups is 1. The lowest BCUT2D eigenvalue weighted by atomic mass is 10.1. The van der Waals surface area contributed by atoms with E-state index in [1.165, 1.54) is 17.5 Å². The zero-order chi connectivity index (χ0) is 16.6. The van der Waals surface area contributed by atoms with Gasteiger partial charge in [-0.1, -0.05) is 19.1 Å². The smallest absolute Gasteiger partial charge is 0.370 e. The van der Waals surface area contributed by atoms with Crippen LogP contribution in [0.4, 0.5) is 18.9 Å². The summed E-state index contributed by atoms with van der Waals surface area (Å²) in [5, 5.41) is 2.95. The number of rotatable bonds is 7. The van der Waals surface area contributed by atoms with Gasteiger partial charge in [0.2, 0.25) is 0 Å². The van der Waals surface area contributed by atoms with Crippen LogP contribution < -0.4 is 11.1 Å². The highest BCUT2D eigenvalue weighted by molar-refractivity contribution is 14.0. The largest absolute Gasteiger partial charge is 0.401 e. The van der Waals surface area contributed by atoms with Crippen LogP contribution in [0.3, 0.4) is 0 Å². The molecule has 0 saturated heterocycles. The maximum Gasteiger partial charge on any atom is 0.401 e. The van der Waals surface area contributed by atoms with Crippen molar-refractivity contribution in [2.75, 3.05) is 32.0 Å². The van der Waals surface area contributed by atoms with Crippen molar-refractivity contribution in [2.45, 2.75) is 25.9 Å². The van der Waals surface area contributed by atoms with E-state index in [0.29, 0.717) is 19.5 Å². The van der Waals surface area contributed by atoms with Gasteiger partial charge in [-0.25, -0.2) is 0 Å². The molecular formula is C15H24F3IN4. The van der Waals surface area contributed by atoms with E-state index in [4.69, 9.17) is 5.73 Å². The van der Waals surface area contributed by atoms with E-state index in [9.17, 15) is 13.2 Å². The molecule has 23 heavy (non-hydrogen) atoms. The van der Waals surface area contributed by atoms with E-state index in [1.807, 2.05) is 24.3 Å². The van der Waals surface area contributed by atoms with E-state index in [0.717, 1.165) is 12.1 Å². The van der Waals surface area contributed by atoms with Crippen molar-refractivity contribution in [3.8, 4) is 0 Å². The first-order valence-corrected chi connectivity index (χ1v) is 7.21. The molecule has 8 heteroatoms. The SMILES string of the molecule is CCc1ccc(NC(N)=NCCCN(C)CC(F)(F)F)cc1.I. The Morgan fingerprint density at radius 3 is 2.39 bits per heavy atom. The van der Waals surface area contributed by atoms with Crippen LogP contribution in [0.5, 0.6) is 0 Å². The highest BCUT2D eigenvalue weighted by Gasteiger charge is 2.28. The fraction of sp³-hybridized carbons (Fsp3) is 0.533. The minimum Gasteiger partial charge on any atom is -0.370 e. The van der Waals surface area contributed by atoms with E-state index in [-0.39, 0.29) is 29.9 Å². The third-order valence-electron chi connectivity index (χ3n) is 3.06. The van der Waals surface area contributed by atoms with Crippen LogP contribution in [0.1, 0.15) is 18.9 Å². The van der Waals surface area contributed by atoms with Gasteiger partial charge in [0.15, 0.2) is 5.96 Å². The molecule has 1 aromatic rings. The summed E-state index contributed by atoms with van der Waals surface area (Å²) < 4.78 is 36.4. The molecule has 0 aliphatic rings. The minimum absolute atomic E-state index is 0. The third-order valence-corrected chi connectivity index (χ3v) is 3.06. The van der Waals surface area contributed by atoms with Crippen LogP contribution in [-0.2, 0) is 6.42 Å². The lowest BCUT2D eigenvalue weighted by Gasteiger charge is -2.17. The average Bonchev–Trinajstić information content (AvgIpc) is 2.42. The van der Waals surface area contributed by atoms with Gasteiger partial charge in [-0.15, -0.1) is 24.0 Å². The summed E-state index contributed by atoms with van der Waals surface area (Å²) in [6, 6.07) is 7.83. The van der Waals surface area contributed by atoms with Crippen LogP contribution >= 0.6 is 24.0 Å². The second-order valence-electron chi connectivity index (χ2n) is 5.15. The minimum atomic E-state index is -4.16. The summed E-state index contributed by atoms with van der Waals surface area (Å²) in [5.74, 6) is 0.266. The molecule has 0 saturated carbocycles. The molecule has 0 aliphatic heterocycles. The Hall–Kier alpha value is -1.03. The van der Waals surface area contributed by atoms with Crippen molar-refractivity contribution in [1.29, 1.82) is 0 Å². The van der Waals surface area contributed by atoms with Gasteiger partial charge in [0.25, 0.3) is 0 Å². The summed E-state index contributed by atoms with van der Waals surface area (Å²) in [6.45, 7) is 1.87. The van der Waals surface area contributed by atoms with Crippen LogP contribution in [0.15, 0.2) is 29.3 Å². The van der Waals surface area contributed by atoms with Crippen molar-refractivity contribution >= 4 is 35.6 Å². The molecule has 1 rings (SSSR count). The summed E-state index contributed by atoms with van der Waals surface area (Å²) >= 11 is 0. The number of alkyl halides is 3. The van der Waals surface area contributed by atoms with Crippen LogP contribution in [-0.4, -0.2) is 43.7 Å². The van der Waals surface area contributed by atoms with Gasteiger partial charge in [-0.2, -0.15) is 13.2 Å². The Bertz CT molecular complexity index is 475. The zero-order valence-corrected chi connectivity index (χ0v) is 15.7. The van der Waals surface area contributed by atoms with Crippen molar-refractivity contribution in [1.82, 2.24) is 4.90 Å². The lowest BCUT2D eigenvalue weighted by molar-refractivity contribution is -0.143. The quantitative estimate of drug-likeness (QED) is 0.293. The van der Waals surface area contributed by atoms with Crippen molar-refractivity contribution in [3.05, 3.63) is 29.8 Å². The average molecular weight is 444 g/mol. The number of guanidine groups is 1. The Balaban J connectivity index is 0.00000484. The highest BCUT2D eigenvalue weighted by atomic mass is 127. The number of benzene rings is 1. The Kier molecular flexibility index (Phi) is 10.2. The molecule has 3 N–H and O–H groups in total. The molecule has 4 nitrogen and oxygen atoms in total. The molecule has 0 fully saturated rings. The van der Waals surface area contributed by atoms with Crippen LogP contribution in [0, 0.1) is 0 Å². The predicted octanol–water partition coefficient (Wildman–Crippen LogP) is 3.48. The first-order chi connectivity index (χ1) is 10.3. The lowest BCUT2D eigenvalue weighted by Crippen LogP contribution is -2.32. The van der Waals surface area contributed by atoms with Crippen molar-refractivity contribution in [3.63, 3.8) is 0 Å². The van der Waals surface area contributed by atoms with E-state index in [2.05, 4.69) is 17.2 Å². The highest BCUT2D eigenvalue weighted by Crippen LogP contribution is 2.15. The van der Waals surface area contributed by atoms with Gasteiger partial charge < -0.3 is 11.1 Å². The molecule has 1 aromatic carbocycles. The van der Waals surface area contributed by atoms with E-state index >= 15 is 0 Å². The fourth-order valence-corrected chi connectivity index (χ4v) is 1.94. The first-order valence-electron chi connectivity index (χ1n) is 7.21. The van der Waals surface area contributed by atoms with E-state index in [1.54, 1.807) is 0 Å². The number of hydrogen-bond donors (Lipinski definition) is 2. The second kappa shape index (κ2) is 10.7. The fourth-order valence-electron chi connectivity index (χ4n) is 1.94. The van der Waals surface area contributed by atoms with Gasteiger partial charge in [-0.3, -0.25) is 9.89 Å². The number of nitrogens with zero attached hydrogens (tertiary/aromatic N) is 2. The maximum atomic E-state index is 12.1. The monoisotopic (exact) mass is 444 g/mol. The van der Waals surface area contributed by atoms with Crippen LogP contribution in [0.2, 0.25) is 0 Å². The molecule has 0 aliphatic carbocycles. The molecular weight excluding hydrogens is 420 g/mol. The predicted molar refractivity (Wildman–Crippen MR) is 99.5 cm³/mol. The number of nitrogens with two attached hydrogens (primary N) is 1. The molecule has 0 spiro atoms. The molecule has 0 heterocycles. The summed E-state index contributed by atoms with van der Waals surface area (Å²) in [4.78, 5) is 5.33. The second-order valence-corrected chi connectivity index (χ2v) is 5.15. The summed E-state index contributed by atoms with van der Waals surface area (Å²) in [5.41, 5.74) is 7.81. The number of aryl methyl sites for hydroxylation is 1. The number of hydrogen-bond acceptors (Lipinski definition) is 2. The van der Waals surface area contributed by atoms with Gasteiger partial charge in [-0.05, 0) is 44.1 Å². The summed E-state index contributed by atoms with van der Waals surface area (Å²) in [7, 11) is 1.44. The van der Waals surface area contributed by atoms with Gasteiger partial charge in [0, 0.05) is 12.2 Å².